The summed E-state index contributed by atoms with van der Waals surface area (Å²) >= 11 is 0. The summed E-state index contributed by atoms with van der Waals surface area (Å²) in [7, 11) is 0. The number of carbonyl (C=O) groups is 2. The van der Waals surface area contributed by atoms with Gasteiger partial charge in [-0.15, -0.1) is 10.2 Å². The highest BCUT2D eigenvalue weighted by Crippen LogP contribution is 2.29. The van der Waals surface area contributed by atoms with Gasteiger partial charge in [0.25, 0.3) is 0 Å². The second kappa shape index (κ2) is 10.3. The molecule has 1 saturated carbocycles. The first-order chi connectivity index (χ1) is 16.0. The molecule has 33 heavy (non-hydrogen) atoms. The largest absolute Gasteiger partial charge is 0.352 e. The molecule has 176 valence electrons. The van der Waals surface area contributed by atoms with Gasteiger partial charge < -0.3 is 14.7 Å². The second-order valence-corrected chi connectivity index (χ2v) is 9.00. The highest BCUT2D eigenvalue weighted by molar-refractivity contribution is 5.86. The van der Waals surface area contributed by atoms with Crippen molar-refractivity contribution in [3.05, 3.63) is 42.2 Å². The van der Waals surface area contributed by atoms with E-state index in [9.17, 15) is 14.0 Å². The van der Waals surface area contributed by atoms with E-state index in [2.05, 4.69) is 22.0 Å². The zero-order valence-electron chi connectivity index (χ0n) is 19.4. The van der Waals surface area contributed by atoms with Crippen LogP contribution in [0.2, 0.25) is 0 Å². The summed E-state index contributed by atoms with van der Waals surface area (Å²) in [5.74, 6) is 0.726. The molecule has 0 bridgehead atoms. The Kier molecular flexibility index (Phi) is 7.20. The van der Waals surface area contributed by atoms with Gasteiger partial charge in [-0.3, -0.25) is 9.59 Å². The molecule has 2 heterocycles. The molecule has 0 spiro atoms. The third-order valence-corrected chi connectivity index (χ3v) is 6.91. The molecule has 2 aliphatic rings. The Morgan fingerprint density at radius 3 is 2.30 bits per heavy atom. The lowest BCUT2D eigenvalue weighted by Gasteiger charge is -2.38. The summed E-state index contributed by atoms with van der Waals surface area (Å²) < 4.78 is 13.1. The highest BCUT2D eigenvalue weighted by atomic mass is 19.1. The Bertz CT molecular complexity index is 954. The number of hydrogen-bond donors (Lipinski definition) is 0. The third kappa shape index (κ3) is 5.31. The molecule has 2 fully saturated rings. The average molecular weight is 454 g/mol. The molecule has 0 unspecified atom stereocenters. The van der Waals surface area contributed by atoms with Crippen molar-refractivity contribution in [1.82, 2.24) is 20.0 Å². The smallest absolute Gasteiger partial charge is 0.242 e. The van der Waals surface area contributed by atoms with Gasteiger partial charge in [0.2, 0.25) is 11.8 Å². The van der Waals surface area contributed by atoms with E-state index >= 15 is 0 Å². The van der Waals surface area contributed by atoms with E-state index in [1.807, 2.05) is 24.0 Å². The van der Waals surface area contributed by atoms with Crippen LogP contribution in [-0.2, 0) is 9.59 Å². The number of halogens is 1. The molecule has 7 nitrogen and oxygen atoms in total. The van der Waals surface area contributed by atoms with Crippen LogP contribution in [0, 0.1) is 11.7 Å². The zero-order chi connectivity index (χ0) is 23.4. The minimum absolute atomic E-state index is 0.0142. The molecule has 0 N–H and O–H groups in total. The monoisotopic (exact) mass is 453 g/mol. The molecular formula is C25H32FN5O2. The predicted octanol–water partition coefficient (Wildman–Crippen LogP) is 3.36. The van der Waals surface area contributed by atoms with Crippen molar-refractivity contribution in [2.24, 2.45) is 5.92 Å². The number of rotatable bonds is 7. The fourth-order valence-electron chi connectivity index (χ4n) is 4.26. The number of anilines is 1. The maximum absolute atomic E-state index is 13.1. The van der Waals surface area contributed by atoms with Crippen molar-refractivity contribution < 1.29 is 14.0 Å². The first-order valence-electron chi connectivity index (χ1n) is 11.9. The Morgan fingerprint density at radius 1 is 1.06 bits per heavy atom. The summed E-state index contributed by atoms with van der Waals surface area (Å²) in [5.41, 5.74) is 1.50. The van der Waals surface area contributed by atoms with Gasteiger partial charge in [0.05, 0.1) is 12.2 Å². The molecule has 2 amide bonds. The van der Waals surface area contributed by atoms with Crippen molar-refractivity contribution in [2.75, 3.05) is 37.6 Å². The number of carbonyl (C=O) groups excluding carboxylic acids is 2. The molecule has 2 aromatic rings. The van der Waals surface area contributed by atoms with Crippen LogP contribution in [0.1, 0.15) is 39.5 Å². The Morgan fingerprint density at radius 2 is 1.76 bits per heavy atom. The first kappa shape index (κ1) is 23.1. The predicted molar refractivity (Wildman–Crippen MR) is 125 cm³/mol. The van der Waals surface area contributed by atoms with Crippen LogP contribution >= 0.6 is 0 Å². The van der Waals surface area contributed by atoms with Crippen LogP contribution in [0.3, 0.4) is 0 Å². The number of nitrogens with zero attached hydrogens (tertiary/aromatic N) is 5. The SMILES string of the molecule is CC[C@H](C)N(CC(=O)N1CCN(c2ccc(-c3ccc(F)cc3)nn2)CC1)C(=O)C1CCC1. The zero-order valence-corrected chi connectivity index (χ0v) is 19.4. The van der Waals surface area contributed by atoms with E-state index in [0.717, 1.165) is 37.1 Å². The van der Waals surface area contributed by atoms with Crippen LogP contribution in [0.25, 0.3) is 11.3 Å². The molecule has 1 atom stereocenters. The van der Waals surface area contributed by atoms with Gasteiger partial charge in [-0.25, -0.2) is 4.39 Å². The molecule has 4 rings (SSSR count). The lowest BCUT2D eigenvalue weighted by molar-refractivity contribution is -0.147. The number of benzene rings is 1. The molecule has 1 aromatic carbocycles. The highest BCUT2D eigenvalue weighted by Gasteiger charge is 2.33. The van der Waals surface area contributed by atoms with Crippen molar-refractivity contribution in [2.45, 2.75) is 45.6 Å². The first-order valence-corrected chi connectivity index (χ1v) is 11.9. The normalized spacial score (nSPS) is 17.4. The maximum atomic E-state index is 13.1. The minimum Gasteiger partial charge on any atom is -0.352 e. The molecule has 1 aliphatic carbocycles. The number of amides is 2. The van der Waals surface area contributed by atoms with Crippen LogP contribution in [0.4, 0.5) is 10.2 Å². The molecule has 0 radical (unpaired) electrons. The number of piperazine rings is 1. The topological polar surface area (TPSA) is 69.6 Å². The lowest BCUT2D eigenvalue weighted by atomic mass is 9.84. The van der Waals surface area contributed by atoms with E-state index in [1.165, 1.54) is 12.1 Å². The summed E-state index contributed by atoms with van der Waals surface area (Å²) in [6.45, 7) is 6.74. The fraction of sp³-hybridized carbons (Fsp3) is 0.520. The van der Waals surface area contributed by atoms with Crippen molar-refractivity contribution in [1.29, 1.82) is 0 Å². The second-order valence-electron chi connectivity index (χ2n) is 9.00. The third-order valence-electron chi connectivity index (χ3n) is 6.91. The van der Waals surface area contributed by atoms with E-state index in [4.69, 9.17) is 0 Å². The van der Waals surface area contributed by atoms with Crippen LogP contribution in [0.15, 0.2) is 36.4 Å². The van der Waals surface area contributed by atoms with Gasteiger partial charge in [0.15, 0.2) is 5.82 Å². The van der Waals surface area contributed by atoms with Crippen molar-refractivity contribution >= 4 is 17.6 Å². The van der Waals surface area contributed by atoms with Crippen molar-refractivity contribution in [3.63, 3.8) is 0 Å². The van der Waals surface area contributed by atoms with Gasteiger partial charge >= 0.3 is 0 Å². The van der Waals surface area contributed by atoms with E-state index in [1.54, 1.807) is 17.0 Å². The maximum Gasteiger partial charge on any atom is 0.242 e. The van der Waals surface area contributed by atoms with Gasteiger partial charge in [0.1, 0.15) is 5.82 Å². The van der Waals surface area contributed by atoms with Gasteiger partial charge in [-0.2, -0.15) is 0 Å². The molecule has 8 heteroatoms. The van der Waals surface area contributed by atoms with Crippen molar-refractivity contribution in [3.8, 4) is 11.3 Å². The lowest BCUT2D eigenvalue weighted by Crippen LogP contribution is -2.54. The van der Waals surface area contributed by atoms with E-state index < -0.39 is 0 Å². The van der Waals surface area contributed by atoms with Gasteiger partial charge in [0, 0.05) is 43.7 Å². The Balaban J connectivity index is 1.32. The van der Waals surface area contributed by atoms with Gasteiger partial charge in [-0.05, 0) is 62.6 Å². The molecule has 1 aliphatic heterocycles. The molecule has 1 aromatic heterocycles. The standard InChI is InChI=1S/C25H32FN5O2/c1-3-18(2)31(25(33)20-5-4-6-20)17-24(32)30-15-13-29(14-16-30)23-12-11-22(27-28-23)19-7-9-21(26)10-8-19/h7-12,18,20H,3-6,13-17H2,1-2H3/t18-/m0/s1. The van der Waals surface area contributed by atoms with Crippen LogP contribution in [0.5, 0.6) is 0 Å². The summed E-state index contributed by atoms with van der Waals surface area (Å²) in [4.78, 5) is 31.6. The van der Waals surface area contributed by atoms with Gasteiger partial charge in [-0.1, -0.05) is 13.3 Å². The summed E-state index contributed by atoms with van der Waals surface area (Å²) in [6, 6.07) is 10.0. The fourth-order valence-corrected chi connectivity index (χ4v) is 4.26. The summed E-state index contributed by atoms with van der Waals surface area (Å²) in [5, 5.41) is 8.62. The Hall–Kier alpha value is -3.03. The summed E-state index contributed by atoms with van der Waals surface area (Å²) in [6.07, 6.45) is 3.83. The average Bonchev–Trinajstić information content (AvgIpc) is 2.81. The van der Waals surface area contributed by atoms with E-state index in [0.29, 0.717) is 31.9 Å². The number of hydrogen-bond acceptors (Lipinski definition) is 5. The minimum atomic E-state index is -0.282. The van der Waals surface area contributed by atoms with Crippen LogP contribution in [-0.4, -0.2) is 70.6 Å². The molecule has 1 saturated heterocycles. The van der Waals surface area contributed by atoms with Crippen LogP contribution < -0.4 is 4.90 Å². The quantitative estimate of drug-likeness (QED) is 0.643. The Labute approximate surface area is 194 Å². The molecular weight excluding hydrogens is 421 g/mol. The number of aromatic nitrogens is 2. The van der Waals surface area contributed by atoms with E-state index in [-0.39, 0.29) is 36.1 Å².